The Morgan fingerprint density at radius 2 is 1.56 bits per heavy atom. The number of rotatable bonds is 5. The third-order valence-electron chi connectivity index (χ3n) is 6.55. The van der Waals surface area contributed by atoms with Crippen molar-refractivity contribution < 1.29 is 4.79 Å². The lowest BCUT2D eigenvalue weighted by Gasteiger charge is -2.40. The predicted molar refractivity (Wildman–Crippen MR) is 127 cm³/mol. The molecule has 0 saturated carbocycles. The molecule has 2 aliphatic heterocycles. The van der Waals surface area contributed by atoms with E-state index in [1.165, 1.54) is 17.5 Å². The van der Waals surface area contributed by atoms with Crippen LogP contribution in [0.4, 0.5) is 0 Å². The lowest BCUT2D eigenvalue weighted by molar-refractivity contribution is -0.128. The van der Waals surface area contributed by atoms with Crippen molar-refractivity contribution in [2.75, 3.05) is 39.3 Å². The number of benzene rings is 2. The van der Waals surface area contributed by atoms with E-state index in [2.05, 4.69) is 71.3 Å². The van der Waals surface area contributed by atoms with E-state index >= 15 is 0 Å². The van der Waals surface area contributed by atoms with Crippen molar-refractivity contribution in [3.63, 3.8) is 0 Å². The molecule has 2 heterocycles. The van der Waals surface area contributed by atoms with E-state index in [0.717, 1.165) is 32.6 Å². The minimum atomic E-state index is -0.138. The van der Waals surface area contributed by atoms with Gasteiger partial charge in [-0.3, -0.25) is 9.69 Å². The van der Waals surface area contributed by atoms with E-state index < -0.39 is 0 Å². The summed E-state index contributed by atoms with van der Waals surface area (Å²) in [4.78, 5) is 19.5. The van der Waals surface area contributed by atoms with Crippen LogP contribution in [0.3, 0.4) is 0 Å². The zero-order chi connectivity index (χ0) is 22.3. The van der Waals surface area contributed by atoms with Crippen LogP contribution in [0.5, 0.6) is 0 Å². The summed E-state index contributed by atoms with van der Waals surface area (Å²) in [5.74, 6) is 0.466. The Morgan fingerprint density at radius 3 is 2.09 bits per heavy atom. The average molecular weight is 429 g/mol. The summed E-state index contributed by atoms with van der Waals surface area (Å²) in [7, 11) is 0. The van der Waals surface area contributed by atoms with Crippen molar-refractivity contribution >= 4 is 5.91 Å². The summed E-state index contributed by atoms with van der Waals surface area (Å²) < 4.78 is 0. The normalized spacial score (nSPS) is 20.3. The Hall–Kier alpha value is -3.10. The molecule has 4 rings (SSSR count). The number of carbonyl (C=O) groups excluding carboxylic acids is 1. The topological polar surface area (TPSA) is 50.6 Å². The Balaban J connectivity index is 1.45. The van der Waals surface area contributed by atoms with Gasteiger partial charge < -0.3 is 9.80 Å². The van der Waals surface area contributed by atoms with Gasteiger partial charge in [0, 0.05) is 45.5 Å². The highest BCUT2D eigenvalue weighted by atomic mass is 16.2. The summed E-state index contributed by atoms with van der Waals surface area (Å²) in [6.07, 6.45) is 4.12. The minimum Gasteiger partial charge on any atom is -0.376 e. The van der Waals surface area contributed by atoms with Gasteiger partial charge in [-0.1, -0.05) is 67.6 Å². The van der Waals surface area contributed by atoms with E-state index in [1.54, 1.807) is 6.20 Å². The van der Waals surface area contributed by atoms with Gasteiger partial charge in [-0.25, -0.2) is 0 Å². The first-order chi connectivity index (χ1) is 15.7. The minimum absolute atomic E-state index is 0.138. The molecule has 2 fully saturated rings. The highest BCUT2D eigenvalue weighted by Crippen LogP contribution is 2.29. The molecule has 0 aliphatic carbocycles. The highest BCUT2D eigenvalue weighted by molar-refractivity contribution is 5.97. The fourth-order valence-corrected chi connectivity index (χ4v) is 4.90. The van der Waals surface area contributed by atoms with E-state index in [1.807, 2.05) is 17.0 Å². The van der Waals surface area contributed by atoms with Crippen molar-refractivity contribution in [1.29, 1.82) is 5.26 Å². The molecule has 0 radical (unpaired) electrons. The van der Waals surface area contributed by atoms with Crippen molar-refractivity contribution in [3.05, 3.63) is 83.6 Å². The Kier molecular flexibility index (Phi) is 7.24. The first-order valence-electron chi connectivity index (χ1n) is 11.6. The molecular weight excluding hydrogens is 396 g/mol. The van der Waals surface area contributed by atoms with Crippen LogP contribution in [-0.4, -0.2) is 59.9 Å². The van der Waals surface area contributed by atoms with Crippen LogP contribution in [0.1, 0.15) is 36.9 Å². The van der Waals surface area contributed by atoms with Crippen LogP contribution in [0, 0.1) is 17.2 Å². The molecule has 2 aromatic rings. The molecule has 2 aliphatic rings. The second kappa shape index (κ2) is 10.5. The summed E-state index contributed by atoms with van der Waals surface area (Å²) in [6, 6.07) is 23.4. The molecule has 5 nitrogen and oxygen atoms in total. The third kappa shape index (κ3) is 5.20. The number of piperazine rings is 1. The molecule has 1 unspecified atom stereocenters. The number of nitrogens with zero attached hydrogens (tertiary/aromatic N) is 4. The number of nitriles is 1. The Morgan fingerprint density at radius 1 is 0.969 bits per heavy atom. The summed E-state index contributed by atoms with van der Waals surface area (Å²) in [5.41, 5.74) is 2.78. The largest absolute Gasteiger partial charge is 0.376 e. The molecule has 0 aromatic heterocycles. The first-order valence-corrected chi connectivity index (χ1v) is 11.6. The molecule has 0 N–H and O–H groups in total. The molecule has 2 saturated heterocycles. The zero-order valence-corrected chi connectivity index (χ0v) is 18.9. The van der Waals surface area contributed by atoms with Gasteiger partial charge in [-0.15, -0.1) is 0 Å². The number of hydrogen-bond acceptors (Lipinski definition) is 4. The quantitative estimate of drug-likeness (QED) is 0.532. The number of hydrogen-bond donors (Lipinski definition) is 0. The number of piperidine rings is 1. The van der Waals surface area contributed by atoms with E-state index in [0.29, 0.717) is 19.0 Å². The molecule has 2 aromatic carbocycles. The lowest BCUT2D eigenvalue weighted by atomic mass is 9.96. The van der Waals surface area contributed by atoms with E-state index in [9.17, 15) is 10.1 Å². The average Bonchev–Trinajstić information content (AvgIpc) is 2.84. The van der Waals surface area contributed by atoms with Crippen molar-refractivity contribution in [1.82, 2.24) is 14.7 Å². The van der Waals surface area contributed by atoms with Crippen LogP contribution in [0.25, 0.3) is 0 Å². The monoisotopic (exact) mass is 428 g/mol. The highest BCUT2D eigenvalue weighted by Gasteiger charge is 2.29. The van der Waals surface area contributed by atoms with Gasteiger partial charge >= 0.3 is 0 Å². The second-order valence-corrected chi connectivity index (χ2v) is 8.95. The Labute approximate surface area is 191 Å². The van der Waals surface area contributed by atoms with Crippen LogP contribution in [-0.2, 0) is 4.79 Å². The van der Waals surface area contributed by atoms with Gasteiger partial charge in [0.1, 0.15) is 11.6 Å². The molecule has 0 spiro atoms. The number of amides is 1. The van der Waals surface area contributed by atoms with Gasteiger partial charge in [0.15, 0.2) is 0 Å². The van der Waals surface area contributed by atoms with Gasteiger partial charge in [0.05, 0.1) is 6.04 Å². The zero-order valence-electron chi connectivity index (χ0n) is 18.9. The molecule has 5 heteroatoms. The van der Waals surface area contributed by atoms with Crippen molar-refractivity contribution in [3.8, 4) is 6.07 Å². The fourth-order valence-electron chi connectivity index (χ4n) is 4.90. The maximum Gasteiger partial charge on any atom is 0.266 e. The number of likely N-dealkylation sites (tertiary alicyclic amines) is 1. The van der Waals surface area contributed by atoms with E-state index in [4.69, 9.17) is 0 Å². The molecule has 1 atom stereocenters. The first kappa shape index (κ1) is 22.1. The summed E-state index contributed by atoms with van der Waals surface area (Å²) in [5, 5.41) is 9.66. The van der Waals surface area contributed by atoms with Gasteiger partial charge in [-0.2, -0.15) is 5.26 Å². The SMILES string of the molecule is CC1CCCN(/C=C(/C#N)C(=O)N2CCN(C(c3ccccc3)c3ccccc3)CC2)C1. The fraction of sp³-hybridized carbons (Fsp3) is 0.407. The maximum absolute atomic E-state index is 13.1. The van der Waals surface area contributed by atoms with Gasteiger partial charge in [0.2, 0.25) is 0 Å². The van der Waals surface area contributed by atoms with Crippen LogP contribution >= 0.6 is 0 Å². The molecule has 1 amide bonds. The maximum atomic E-state index is 13.1. The lowest BCUT2D eigenvalue weighted by Crippen LogP contribution is -2.50. The third-order valence-corrected chi connectivity index (χ3v) is 6.55. The molecule has 32 heavy (non-hydrogen) atoms. The second-order valence-electron chi connectivity index (χ2n) is 8.95. The summed E-state index contributed by atoms with van der Waals surface area (Å²) >= 11 is 0. The molecule has 166 valence electrons. The summed E-state index contributed by atoms with van der Waals surface area (Å²) in [6.45, 7) is 6.88. The van der Waals surface area contributed by atoms with Crippen LogP contribution in [0.2, 0.25) is 0 Å². The predicted octanol–water partition coefficient (Wildman–Crippen LogP) is 4.06. The van der Waals surface area contributed by atoms with Crippen LogP contribution in [0.15, 0.2) is 72.4 Å². The molecule has 0 bridgehead atoms. The van der Waals surface area contributed by atoms with Crippen LogP contribution < -0.4 is 0 Å². The number of carbonyl (C=O) groups is 1. The standard InChI is InChI=1S/C27H32N4O/c1-22-9-8-14-29(20-22)21-25(19-28)27(32)31-17-15-30(16-18-31)26(23-10-4-2-5-11-23)24-12-6-3-7-13-24/h2-7,10-13,21-22,26H,8-9,14-18,20H2,1H3/b25-21-. The Bertz CT molecular complexity index is 919. The van der Waals surface area contributed by atoms with Crippen molar-refractivity contribution in [2.45, 2.75) is 25.8 Å². The van der Waals surface area contributed by atoms with E-state index in [-0.39, 0.29) is 17.5 Å². The smallest absolute Gasteiger partial charge is 0.266 e. The molecular formula is C27H32N4O. The van der Waals surface area contributed by atoms with Gasteiger partial charge in [0.25, 0.3) is 5.91 Å². The van der Waals surface area contributed by atoms with Crippen molar-refractivity contribution in [2.24, 2.45) is 5.92 Å². The van der Waals surface area contributed by atoms with Gasteiger partial charge in [-0.05, 0) is 29.9 Å².